The van der Waals surface area contributed by atoms with E-state index in [0.717, 1.165) is 27.0 Å². The first kappa shape index (κ1) is 18.8. The van der Waals surface area contributed by atoms with Crippen molar-refractivity contribution in [1.29, 1.82) is 0 Å². The van der Waals surface area contributed by atoms with Crippen LogP contribution in [-0.4, -0.2) is 30.9 Å². The molecule has 0 bridgehead atoms. The van der Waals surface area contributed by atoms with Crippen molar-refractivity contribution in [2.45, 2.75) is 6.92 Å². The average Bonchev–Trinajstić information content (AvgIpc) is 3.21. The SMILES string of the molecule is Cc1nn(-c2ccccc2)c(Cl)c1/C=N/n1c(-c2ccc(Br)cc2)n[nH]c1=S. The highest BCUT2D eigenvalue weighted by atomic mass is 79.9. The minimum absolute atomic E-state index is 0.387. The highest BCUT2D eigenvalue weighted by Gasteiger charge is 2.14. The molecule has 9 heteroatoms. The molecule has 0 radical (unpaired) electrons. The third-order valence-corrected chi connectivity index (χ3v) is 5.26. The quantitative estimate of drug-likeness (QED) is 0.319. The van der Waals surface area contributed by atoms with Gasteiger partial charge in [-0.2, -0.15) is 20.0 Å². The molecule has 0 fully saturated rings. The Bertz CT molecular complexity index is 1210. The van der Waals surface area contributed by atoms with Crippen LogP contribution in [0.1, 0.15) is 11.3 Å². The lowest BCUT2D eigenvalue weighted by molar-refractivity contribution is 0.863. The van der Waals surface area contributed by atoms with Gasteiger partial charge in [0.2, 0.25) is 4.77 Å². The molecule has 0 unspecified atom stereocenters. The van der Waals surface area contributed by atoms with Crippen LogP contribution in [0.2, 0.25) is 5.15 Å². The Hall–Kier alpha value is -2.55. The number of aromatic amines is 1. The van der Waals surface area contributed by atoms with Crippen LogP contribution in [0.15, 0.2) is 64.2 Å². The number of nitrogens with one attached hydrogen (secondary N) is 1. The van der Waals surface area contributed by atoms with Gasteiger partial charge in [-0.3, -0.25) is 0 Å². The number of para-hydroxylation sites is 1. The standard InChI is InChI=1S/C19H14BrClN6S/c1-12-16(17(21)26(25-12)15-5-3-2-4-6-15)11-22-27-18(23-24-19(27)28)13-7-9-14(20)10-8-13/h2-11H,1H3,(H,24,28)/b22-11+. The molecule has 0 saturated heterocycles. The van der Waals surface area contributed by atoms with Crippen LogP contribution in [0.4, 0.5) is 0 Å². The van der Waals surface area contributed by atoms with Crippen LogP contribution in [-0.2, 0) is 0 Å². The lowest BCUT2D eigenvalue weighted by Gasteiger charge is -2.02. The van der Waals surface area contributed by atoms with Gasteiger partial charge >= 0.3 is 0 Å². The summed E-state index contributed by atoms with van der Waals surface area (Å²) in [5.41, 5.74) is 3.24. The zero-order valence-electron chi connectivity index (χ0n) is 14.7. The molecule has 6 nitrogen and oxygen atoms in total. The summed E-state index contributed by atoms with van der Waals surface area (Å²) in [6.45, 7) is 1.89. The number of hydrogen-bond acceptors (Lipinski definition) is 4. The van der Waals surface area contributed by atoms with Gasteiger partial charge in [-0.25, -0.2) is 9.78 Å². The fourth-order valence-electron chi connectivity index (χ4n) is 2.70. The predicted octanol–water partition coefficient (Wildman–Crippen LogP) is 5.40. The number of aromatic nitrogens is 5. The highest BCUT2D eigenvalue weighted by molar-refractivity contribution is 9.10. The maximum absolute atomic E-state index is 6.56. The van der Waals surface area contributed by atoms with Gasteiger partial charge in [0.15, 0.2) is 5.82 Å². The molecule has 1 N–H and O–H groups in total. The summed E-state index contributed by atoms with van der Waals surface area (Å²) < 4.78 is 4.62. The zero-order chi connectivity index (χ0) is 19.7. The van der Waals surface area contributed by atoms with E-state index in [1.54, 1.807) is 15.6 Å². The van der Waals surface area contributed by atoms with E-state index < -0.39 is 0 Å². The summed E-state index contributed by atoms with van der Waals surface area (Å²) in [7, 11) is 0. The van der Waals surface area contributed by atoms with Gasteiger partial charge in [0, 0.05) is 10.0 Å². The highest BCUT2D eigenvalue weighted by Crippen LogP contribution is 2.23. The van der Waals surface area contributed by atoms with Gasteiger partial charge in [0.25, 0.3) is 0 Å². The molecule has 0 aliphatic heterocycles. The molecular formula is C19H14BrClN6S. The van der Waals surface area contributed by atoms with E-state index in [-0.39, 0.29) is 0 Å². The van der Waals surface area contributed by atoms with Crippen molar-refractivity contribution in [1.82, 2.24) is 24.7 Å². The molecule has 0 saturated carbocycles. The third kappa shape index (κ3) is 3.58. The van der Waals surface area contributed by atoms with Crippen molar-refractivity contribution < 1.29 is 0 Å². The van der Waals surface area contributed by atoms with Crippen molar-refractivity contribution in [3.8, 4) is 17.1 Å². The lowest BCUT2D eigenvalue weighted by atomic mass is 10.2. The van der Waals surface area contributed by atoms with Crippen LogP contribution in [0.3, 0.4) is 0 Å². The molecule has 0 aliphatic carbocycles. The lowest BCUT2D eigenvalue weighted by Crippen LogP contribution is -1.97. The minimum Gasteiger partial charge on any atom is -0.250 e. The Kier molecular flexibility index (Phi) is 5.25. The van der Waals surface area contributed by atoms with Crippen molar-refractivity contribution in [2.75, 3.05) is 0 Å². The Morgan fingerprint density at radius 2 is 1.86 bits per heavy atom. The summed E-state index contributed by atoms with van der Waals surface area (Å²) in [5.74, 6) is 0.609. The van der Waals surface area contributed by atoms with Gasteiger partial charge in [-0.05, 0) is 43.4 Å². The molecule has 0 amide bonds. The number of halogens is 2. The monoisotopic (exact) mass is 472 g/mol. The topological polar surface area (TPSA) is 63.8 Å². The second-order valence-electron chi connectivity index (χ2n) is 5.95. The second kappa shape index (κ2) is 7.83. The fraction of sp³-hybridized carbons (Fsp3) is 0.0526. The number of aryl methyl sites for hydroxylation is 1. The van der Waals surface area contributed by atoms with E-state index in [1.807, 2.05) is 61.5 Å². The first-order chi connectivity index (χ1) is 13.5. The number of nitrogens with zero attached hydrogens (tertiary/aromatic N) is 5. The Morgan fingerprint density at radius 1 is 1.14 bits per heavy atom. The van der Waals surface area contributed by atoms with E-state index in [9.17, 15) is 0 Å². The molecule has 0 atom stereocenters. The maximum atomic E-state index is 6.56. The summed E-state index contributed by atoms with van der Waals surface area (Å²) in [6, 6.07) is 17.4. The zero-order valence-corrected chi connectivity index (χ0v) is 17.8. The fourth-order valence-corrected chi connectivity index (χ4v) is 3.46. The molecular weight excluding hydrogens is 460 g/mol. The normalized spacial score (nSPS) is 11.4. The van der Waals surface area contributed by atoms with E-state index in [4.69, 9.17) is 23.8 Å². The molecule has 2 aromatic carbocycles. The first-order valence-corrected chi connectivity index (χ1v) is 9.91. The van der Waals surface area contributed by atoms with Crippen molar-refractivity contribution in [2.24, 2.45) is 5.10 Å². The Balaban J connectivity index is 1.73. The second-order valence-corrected chi connectivity index (χ2v) is 7.61. The Labute approximate surface area is 179 Å². The smallest absolute Gasteiger partial charge is 0.216 e. The molecule has 0 spiro atoms. The van der Waals surface area contributed by atoms with E-state index in [0.29, 0.717) is 15.7 Å². The van der Waals surface area contributed by atoms with E-state index in [2.05, 4.69) is 36.3 Å². The van der Waals surface area contributed by atoms with E-state index >= 15 is 0 Å². The number of benzene rings is 2. The van der Waals surface area contributed by atoms with E-state index in [1.165, 1.54) is 0 Å². The van der Waals surface area contributed by atoms with Gasteiger partial charge < -0.3 is 0 Å². The summed E-state index contributed by atoms with van der Waals surface area (Å²) in [5, 5.41) is 16.6. The van der Waals surface area contributed by atoms with Crippen LogP contribution in [0.5, 0.6) is 0 Å². The van der Waals surface area contributed by atoms with Crippen LogP contribution in [0.25, 0.3) is 17.1 Å². The molecule has 2 heterocycles. The Morgan fingerprint density at radius 3 is 2.57 bits per heavy atom. The van der Waals surface area contributed by atoms with Gasteiger partial charge in [0.05, 0.1) is 23.2 Å². The predicted molar refractivity (Wildman–Crippen MR) is 117 cm³/mol. The number of rotatable bonds is 4. The molecule has 2 aromatic heterocycles. The molecule has 4 rings (SSSR count). The molecule has 0 aliphatic rings. The van der Waals surface area contributed by atoms with Crippen LogP contribution >= 0.6 is 39.7 Å². The molecule has 140 valence electrons. The average molecular weight is 474 g/mol. The summed E-state index contributed by atoms with van der Waals surface area (Å²) in [6.07, 6.45) is 1.65. The van der Waals surface area contributed by atoms with Gasteiger partial charge in [-0.15, -0.1) is 0 Å². The minimum atomic E-state index is 0.387. The third-order valence-electron chi connectivity index (χ3n) is 4.10. The van der Waals surface area contributed by atoms with Crippen LogP contribution < -0.4 is 0 Å². The largest absolute Gasteiger partial charge is 0.250 e. The number of hydrogen-bond donors (Lipinski definition) is 1. The van der Waals surface area contributed by atoms with Crippen LogP contribution in [0, 0.1) is 11.7 Å². The molecule has 28 heavy (non-hydrogen) atoms. The number of H-pyrrole nitrogens is 1. The van der Waals surface area contributed by atoms with Gasteiger partial charge in [0.1, 0.15) is 5.15 Å². The summed E-state index contributed by atoms with van der Waals surface area (Å²) >= 11 is 15.3. The first-order valence-electron chi connectivity index (χ1n) is 8.33. The van der Waals surface area contributed by atoms with Crippen molar-refractivity contribution in [3.05, 3.63) is 80.3 Å². The van der Waals surface area contributed by atoms with Gasteiger partial charge in [-0.1, -0.05) is 57.9 Å². The summed E-state index contributed by atoms with van der Waals surface area (Å²) in [4.78, 5) is 0. The maximum Gasteiger partial charge on any atom is 0.216 e. The molecule has 4 aromatic rings. The van der Waals surface area contributed by atoms with Crippen molar-refractivity contribution in [3.63, 3.8) is 0 Å². The van der Waals surface area contributed by atoms with Crippen molar-refractivity contribution >= 4 is 46.0 Å².